The van der Waals surface area contributed by atoms with E-state index < -0.39 is 34.6 Å². The standard InChI is InChI=1S/C24H33F3N6O2S/c1-13-8-7-9-33(13)21(35)17-18(36-20(31-17)19(34)30-12-23(5,6)28)14-11-29-16(32-22(2,3)4)10-15(14)24(25,26)27/h10-11,13H,7-9,12,28H2,1-6H3,(H,29,32)(H,30,34)/t13-/m0/s1. The van der Waals surface area contributed by atoms with Gasteiger partial charge in [0.15, 0.2) is 5.01 Å². The van der Waals surface area contributed by atoms with Gasteiger partial charge in [0.05, 0.1) is 10.4 Å². The summed E-state index contributed by atoms with van der Waals surface area (Å²) in [6.45, 7) is 11.3. The fraction of sp³-hybridized carbons (Fsp3) is 0.583. The van der Waals surface area contributed by atoms with Crippen molar-refractivity contribution >= 4 is 29.0 Å². The predicted molar refractivity (Wildman–Crippen MR) is 134 cm³/mol. The van der Waals surface area contributed by atoms with Gasteiger partial charge in [-0.2, -0.15) is 13.2 Å². The van der Waals surface area contributed by atoms with Crippen LogP contribution in [0.5, 0.6) is 0 Å². The molecule has 3 rings (SSSR count). The van der Waals surface area contributed by atoms with Crippen molar-refractivity contribution < 1.29 is 22.8 Å². The molecule has 1 fully saturated rings. The normalized spacial score (nSPS) is 16.8. The van der Waals surface area contributed by atoms with Crippen LogP contribution in [0.1, 0.15) is 80.2 Å². The number of aromatic nitrogens is 2. The molecule has 1 aliphatic rings. The fourth-order valence-corrected chi connectivity index (χ4v) is 4.82. The lowest BCUT2D eigenvalue weighted by Crippen LogP contribution is -2.45. The molecule has 3 heterocycles. The van der Waals surface area contributed by atoms with E-state index in [1.807, 2.05) is 6.92 Å². The molecule has 0 aromatic carbocycles. The minimum Gasteiger partial charge on any atom is -0.365 e. The Labute approximate surface area is 212 Å². The summed E-state index contributed by atoms with van der Waals surface area (Å²) < 4.78 is 42.6. The number of hydrogen-bond acceptors (Lipinski definition) is 7. The summed E-state index contributed by atoms with van der Waals surface area (Å²) in [5, 5.41) is 5.46. The third-order valence-corrected chi connectivity index (χ3v) is 6.59. The summed E-state index contributed by atoms with van der Waals surface area (Å²) in [5.74, 6) is -1.07. The number of nitrogens with one attached hydrogen (secondary N) is 2. The first-order valence-electron chi connectivity index (χ1n) is 11.7. The summed E-state index contributed by atoms with van der Waals surface area (Å²) in [6, 6.07) is 0.838. The van der Waals surface area contributed by atoms with Crippen molar-refractivity contribution in [2.75, 3.05) is 18.4 Å². The first-order chi connectivity index (χ1) is 16.5. The highest BCUT2D eigenvalue weighted by Crippen LogP contribution is 2.42. The molecular formula is C24H33F3N6O2S. The molecule has 0 spiro atoms. The van der Waals surface area contributed by atoms with E-state index in [-0.39, 0.29) is 39.5 Å². The number of halogens is 3. The highest BCUT2D eigenvalue weighted by Gasteiger charge is 2.38. The maximum Gasteiger partial charge on any atom is 0.417 e. The lowest BCUT2D eigenvalue weighted by molar-refractivity contribution is -0.137. The molecule has 1 saturated heterocycles. The molecule has 12 heteroatoms. The number of carbonyl (C=O) groups is 2. The molecule has 0 bridgehead atoms. The maximum atomic E-state index is 14.2. The van der Waals surface area contributed by atoms with Gasteiger partial charge in [-0.3, -0.25) is 9.59 Å². The second-order valence-electron chi connectivity index (χ2n) is 10.8. The number of nitrogens with two attached hydrogens (primary N) is 1. The van der Waals surface area contributed by atoms with Crippen LogP contribution in [0, 0.1) is 0 Å². The van der Waals surface area contributed by atoms with Crippen LogP contribution in [0.2, 0.25) is 0 Å². The van der Waals surface area contributed by atoms with Crippen molar-refractivity contribution in [3.8, 4) is 10.4 Å². The average molecular weight is 527 g/mol. The second-order valence-corrected chi connectivity index (χ2v) is 11.8. The Morgan fingerprint density at radius 1 is 1.22 bits per heavy atom. The number of amides is 2. The molecule has 198 valence electrons. The van der Waals surface area contributed by atoms with E-state index in [9.17, 15) is 22.8 Å². The van der Waals surface area contributed by atoms with Gasteiger partial charge in [-0.1, -0.05) is 0 Å². The van der Waals surface area contributed by atoms with Gasteiger partial charge in [-0.25, -0.2) is 9.97 Å². The van der Waals surface area contributed by atoms with Crippen molar-refractivity contribution in [3.05, 3.63) is 28.5 Å². The van der Waals surface area contributed by atoms with E-state index in [1.165, 1.54) is 0 Å². The molecule has 2 aromatic heterocycles. The van der Waals surface area contributed by atoms with Crippen molar-refractivity contribution in [2.45, 2.75) is 77.7 Å². The van der Waals surface area contributed by atoms with Crippen LogP contribution in [0.4, 0.5) is 19.0 Å². The third-order valence-electron chi connectivity index (χ3n) is 5.50. The van der Waals surface area contributed by atoms with Gasteiger partial charge in [-0.15, -0.1) is 11.3 Å². The van der Waals surface area contributed by atoms with Crippen molar-refractivity contribution in [1.82, 2.24) is 20.2 Å². The Morgan fingerprint density at radius 2 is 1.89 bits per heavy atom. The third kappa shape index (κ3) is 6.73. The highest BCUT2D eigenvalue weighted by atomic mass is 32.1. The maximum absolute atomic E-state index is 14.2. The van der Waals surface area contributed by atoms with E-state index in [2.05, 4.69) is 20.6 Å². The molecule has 0 aliphatic carbocycles. The van der Waals surface area contributed by atoms with Crippen LogP contribution in [0.25, 0.3) is 10.4 Å². The van der Waals surface area contributed by atoms with Gasteiger partial charge in [0.2, 0.25) is 0 Å². The van der Waals surface area contributed by atoms with E-state index in [0.717, 1.165) is 36.4 Å². The largest absolute Gasteiger partial charge is 0.417 e. The Balaban J connectivity index is 2.14. The van der Waals surface area contributed by atoms with E-state index in [4.69, 9.17) is 5.73 Å². The number of thiazole rings is 1. The molecule has 36 heavy (non-hydrogen) atoms. The van der Waals surface area contributed by atoms with Crippen LogP contribution in [0.3, 0.4) is 0 Å². The fourth-order valence-electron chi connectivity index (χ4n) is 3.82. The SMILES string of the molecule is C[C@H]1CCCN1C(=O)c1nc(C(=O)NCC(C)(C)N)sc1-c1cnc(NC(C)(C)C)cc1C(F)(F)F. The van der Waals surface area contributed by atoms with Crippen LogP contribution < -0.4 is 16.4 Å². The minimum atomic E-state index is -4.73. The number of rotatable bonds is 6. The van der Waals surface area contributed by atoms with Gasteiger partial charge in [0, 0.05) is 42.0 Å². The van der Waals surface area contributed by atoms with Crippen molar-refractivity contribution in [1.29, 1.82) is 0 Å². The quantitative estimate of drug-likeness (QED) is 0.510. The summed E-state index contributed by atoms with van der Waals surface area (Å²) in [4.78, 5) is 36.2. The van der Waals surface area contributed by atoms with Gasteiger partial charge in [0.25, 0.3) is 11.8 Å². The van der Waals surface area contributed by atoms with Crippen LogP contribution in [-0.4, -0.2) is 56.9 Å². The van der Waals surface area contributed by atoms with Crippen molar-refractivity contribution in [3.63, 3.8) is 0 Å². The van der Waals surface area contributed by atoms with Crippen molar-refractivity contribution in [2.24, 2.45) is 5.73 Å². The predicted octanol–water partition coefficient (Wildman–Crippen LogP) is 4.53. The van der Waals surface area contributed by atoms with Crippen LogP contribution >= 0.6 is 11.3 Å². The molecule has 0 saturated carbocycles. The number of pyridine rings is 1. The number of carbonyl (C=O) groups excluding carboxylic acids is 2. The Morgan fingerprint density at radius 3 is 2.42 bits per heavy atom. The Kier molecular flexibility index (Phi) is 7.71. The average Bonchev–Trinajstić information content (AvgIpc) is 3.36. The van der Waals surface area contributed by atoms with Gasteiger partial charge in [-0.05, 0) is 60.5 Å². The topological polar surface area (TPSA) is 113 Å². The zero-order valence-corrected chi connectivity index (χ0v) is 22.2. The molecule has 0 unspecified atom stereocenters. The summed E-state index contributed by atoms with van der Waals surface area (Å²) in [5.41, 5.74) is 3.26. The van der Waals surface area contributed by atoms with E-state index in [1.54, 1.807) is 39.5 Å². The molecule has 1 atom stereocenters. The van der Waals surface area contributed by atoms with Crippen LogP contribution in [-0.2, 0) is 6.18 Å². The zero-order valence-electron chi connectivity index (χ0n) is 21.3. The van der Waals surface area contributed by atoms with E-state index in [0.29, 0.717) is 6.54 Å². The van der Waals surface area contributed by atoms with Gasteiger partial charge < -0.3 is 21.3 Å². The zero-order chi connectivity index (χ0) is 27.1. The smallest absolute Gasteiger partial charge is 0.365 e. The molecule has 2 aromatic rings. The summed E-state index contributed by atoms with van der Waals surface area (Å²) >= 11 is 0.737. The Hall–Kier alpha value is -2.73. The van der Waals surface area contributed by atoms with E-state index >= 15 is 0 Å². The summed E-state index contributed by atoms with van der Waals surface area (Å²) in [6.07, 6.45) is -2.08. The molecule has 8 nitrogen and oxygen atoms in total. The second kappa shape index (κ2) is 9.97. The number of nitrogens with zero attached hydrogens (tertiary/aromatic N) is 3. The summed E-state index contributed by atoms with van der Waals surface area (Å²) in [7, 11) is 0. The first-order valence-corrected chi connectivity index (χ1v) is 12.5. The molecule has 0 radical (unpaired) electrons. The number of likely N-dealkylation sites (tertiary alicyclic amines) is 1. The molecule has 2 amide bonds. The lowest BCUT2D eigenvalue weighted by atomic mass is 10.1. The number of alkyl halides is 3. The van der Waals surface area contributed by atoms with Gasteiger partial charge in [0.1, 0.15) is 11.5 Å². The number of anilines is 1. The number of hydrogen-bond donors (Lipinski definition) is 3. The first kappa shape index (κ1) is 27.9. The molecule has 4 N–H and O–H groups in total. The van der Waals surface area contributed by atoms with Crippen LogP contribution in [0.15, 0.2) is 12.3 Å². The minimum absolute atomic E-state index is 0.0432. The molecular weight excluding hydrogens is 493 g/mol. The molecule has 1 aliphatic heterocycles. The van der Waals surface area contributed by atoms with Gasteiger partial charge >= 0.3 is 6.18 Å². The highest BCUT2D eigenvalue weighted by molar-refractivity contribution is 7.17. The monoisotopic (exact) mass is 526 g/mol. The lowest BCUT2D eigenvalue weighted by Gasteiger charge is -2.23. The Bertz CT molecular complexity index is 1130.